The Hall–Kier alpha value is -4.45. The van der Waals surface area contributed by atoms with Crippen molar-refractivity contribution in [3.63, 3.8) is 0 Å². The number of esters is 1. The second-order valence-electron chi connectivity index (χ2n) is 7.66. The molecule has 36 heavy (non-hydrogen) atoms. The lowest BCUT2D eigenvalue weighted by Gasteiger charge is -2.22. The summed E-state index contributed by atoms with van der Waals surface area (Å²) in [4.78, 5) is 54.6. The molecule has 1 saturated heterocycles. The first-order valence-electron chi connectivity index (χ1n) is 10.6. The van der Waals surface area contributed by atoms with Crippen LogP contribution in [0.4, 0.5) is 15.2 Å². The zero-order valence-corrected chi connectivity index (χ0v) is 19.7. The highest BCUT2D eigenvalue weighted by molar-refractivity contribution is 7.17. The van der Waals surface area contributed by atoms with Crippen molar-refractivity contribution < 1.29 is 33.5 Å². The summed E-state index contributed by atoms with van der Waals surface area (Å²) >= 11 is 0.834. The van der Waals surface area contributed by atoms with Crippen molar-refractivity contribution in [1.29, 1.82) is 0 Å². The Bertz CT molecular complexity index is 1410. The predicted molar refractivity (Wildman–Crippen MR) is 127 cm³/mol. The van der Waals surface area contributed by atoms with Crippen molar-refractivity contribution >= 4 is 45.6 Å². The number of carbonyl (C=O) groups excluding carboxylic acids is 3. The Morgan fingerprint density at radius 2 is 1.83 bits per heavy atom. The quantitative estimate of drug-likeness (QED) is 0.129. The van der Waals surface area contributed by atoms with E-state index in [-0.39, 0.29) is 44.7 Å². The van der Waals surface area contributed by atoms with E-state index in [1.165, 1.54) is 36.4 Å². The van der Waals surface area contributed by atoms with Crippen LogP contribution < -0.4 is 4.90 Å². The van der Waals surface area contributed by atoms with Crippen LogP contribution in [0, 0.1) is 22.9 Å². The monoisotopic (exact) mass is 511 g/mol. The van der Waals surface area contributed by atoms with Crippen LogP contribution in [0.2, 0.25) is 0 Å². The molecule has 184 valence electrons. The van der Waals surface area contributed by atoms with Crippen molar-refractivity contribution in [1.82, 2.24) is 4.98 Å². The second-order valence-corrected chi connectivity index (χ2v) is 8.63. The third-order valence-electron chi connectivity index (χ3n) is 5.43. The number of carbonyl (C=O) groups is 3. The minimum atomic E-state index is -1.23. The first kappa shape index (κ1) is 24.7. The summed E-state index contributed by atoms with van der Waals surface area (Å²) in [7, 11) is 0. The smallest absolute Gasteiger partial charge is 0.350 e. The number of nitro groups is 1. The van der Waals surface area contributed by atoms with Crippen LogP contribution >= 0.6 is 11.3 Å². The van der Waals surface area contributed by atoms with E-state index in [1.807, 2.05) is 0 Å². The number of anilines is 1. The summed E-state index contributed by atoms with van der Waals surface area (Å²) in [5.74, 6) is -3.83. The Labute approximate surface area is 207 Å². The van der Waals surface area contributed by atoms with E-state index in [9.17, 15) is 34.0 Å². The number of aliphatic hydroxyl groups excluding tert-OH is 1. The van der Waals surface area contributed by atoms with Crippen LogP contribution in [-0.2, 0) is 14.3 Å². The Morgan fingerprint density at radius 3 is 2.42 bits per heavy atom. The van der Waals surface area contributed by atoms with Crippen LogP contribution in [0.15, 0.2) is 54.1 Å². The molecular weight excluding hydrogens is 493 g/mol. The highest BCUT2D eigenvalue weighted by Gasteiger charge is 2.48. The number of aliphatic hydroxyl groups is 1. The largest absolute Gasteiger partial charge is 0.507 e. The maximum atomic E-state index is 13.4. The van der Waals surface area contributed by atoms with Crippen LogP contribution in [-0.4, -0.2) is 39.3 Å². The number of thiazole rings is 1. The number of rotatable bonds is 6. The molecule has 0 spiro atoms. The third-order valence-corrected chi connectivity index (χ3v) is 6.57. The predicted octanol–water partition coefficient (Wildman–Crippen LogP) is 4.30. The number of benzene rings is 2. The third kappa shape index (κ3) is 4.33. The molecule has 12 heteroatoms. The van der Waals surface area contributed by atoms with Gasteiger partial charge in [-0.15, -0.1) is 0 Å². The first-order chi connectivity index (χ1) is 17.1. The number of ether oxygens (including phenoxy) is 1. The number of aromatic nitrogens is 1. The number of aryl methyl sites for hydroxylation is 1. The standard InChI is InChI=1S/C24H18FN3O7S/c1-3-35-23(32)21-12(2)26-24(36-21)27-18(13-6-10-16(11-7-13)28(33)34)17(20(30)22(27)31)19(29)14-4-8-15(25)9-5-14/h4-11,18,29H,3H2,1-2H3. The average Bonchev–Trinajstić information content (AvgIpc) is 3.36. The minimum absolute atomic E-state index is 0.000776. The zero-order chi connectivity index (χ0) is 26.1. The number of nitro benzene ring substituents is 1. The molecule has 1 amide bonds. The van der Waals surface area contributed by atoms with Gasteiger partial charge in [0.25, 0.3) is 11.5 Å². The van der Waals surface area contributed by atoms with E-state index in [4.69, 9.17) is 4.74 Å². The summed E-state index contributed by atoms with van der Waals surface area (Å²) in [6, 6.07) is 8.54. The zero-order valence-electron chi connectivity index (χ0n) is 18.9. The van der Waals surface area contributed by atoms with E-state index < -0.39 is 40.2 Å². The molecule has 4 rings (SSSR count). The molecule has 0 radical (unpaired) electrons. The molecule has 1 N–H and O–H groups in total. The van der Waals surface area contributed by atoms with Gasteiger partial charge in [-0.3, -0.25) is 24.6 Å². The van der Waals surface area contributed by atoms with Crippen molar-refractivity contribution in [2.45, 2.75) is 19.9 Å². The summed E-state index contributed by atoms with van der Waals surface area (Å²) in [5.41, 5.74) is 0.101. The lowest BCUT2D eigenvalue weighted by Crippen LogP contribution is -2.29. The topological polar surface area (TPSA) is 140 Å². The molecule has 2 heterocycles. The molecule has 0 bridgehead atoms. The summed E-state index contributed by atoms with van der Waals surface area (Å²) in [6.07, 6.45) is 0. The van der Waals surface area contributed by atoms with Crippen LogP contribution in [0.3, 0.4) is 0 Å². The maximum absolute atomic E-state index is 13.4. The van der Waals surface area contributed by atoms with Gasteiger partial charge in [0.1, 0.15) is 16.5 Å². The van der Waals surface area contributed by atoms with Gasteiger partial charge in [0.15, 0.2) is 5.13 Å². The number of Topliss-reactive ketones (excluding diaryl/α,β-unsaturated/α-hetero) is 1. The number of ketones is 1. The van der Waals surface area contributed by atoms with Gasteiger partial charge in [-0.05, 0) is 55.8 Å². The molecule has 3 aromatic rings. The van der Waals surface area contributed by atoms with E-state index >= 15 is 0 Å². The maximum Gasteiger partial charge on any atom is 0.350 e. The Balaban J connectivity index is 1.91. The van der Waals surface area contributed by atoms with Crippen LogP contribution in [0.5, 0.6) is 0 Å². The molecule has 0 saturated carbocycles. The fourth-order valence-electron chi connectivity index (χ4n) is 3.76. The van der Waals surface area contributed by atoms with Crippen molar-refractivity contribution in [2.24, 2.45) is 0 Å². The lowest BCUT2D eigenvalue weighted by molar-refractivity contribution is -0.384. The van der Waals surface area contributed by atoms with Gasteiger partial charge in [-0.2, -0.15) is 0 Å². The van der Waals surface area contributed by atoms with E-state index in [1.54, 1.807) is 13.8 Å². The molecule has 0 aliphatic carbocycles. The van der Waals surface area contributed by atoms with Gasteiger partial charge < -0.3 is 9.84 Å². The van der Waals surface area contributed by atoms with Crippen LogP contribution in [0.1, 0.15) is 39.5 Å². The molecule has 1 atom stereocenters. The summed E-state index contributed by atoms with van der Waals surface area (Å²) in [6.45, 7) is 3.30. The SMILES string of the molecule is CCOC(=O)c1sc(N2C(=O)C(=O)C(=C(O)c3ccc(F)cc3)C2c2ccc([N+](=O)[O-])cc2)nc1C. The molecule has 1 aliphatic rings. The Kier molecular flexibility index (Phi) is 6.62. The number of hydrogen-bond donors (Lipinski definition) is 1. The minimum Gasteiger partial charge on any atom is -0.507 e. The van der Waals surface area contributed by atoms with Gasteiger partial charge in [-0.1, -0.05) is 11.3 Å². The number of hydrogen-bond acceptors (Lipinski definition) is 9. The molecular formula is C24H18FN3O7S. The number of non-ortho nitro benzene ring substituents is 1. The Morgan fingerprint density at radius 1 is 1.19 bits per heavy atom. The fourth-order valence-corrected chi connectivity index (χ4v) is 4.75. The van der Waals surface area contributed by atoms with Crippen molar-refractivity contribution in [3.05, 3.63) is 91.7 Å². The molecule has 1 unspecified atom stereocenters. The fraction of sp³-hybridized carbons (Fsp3) is 0.167. The molecule has 1 aromatic heterocycles. The van der Waals surface area contributed by atoms with Gasteiger partial charge in [0.2, 0.25) is 0 Å². The average molecular weight is 511 g/mol. The highest BCUT2D eigenvalue weighted by atomic mass is 32.1. The van der Waals surface area contributed by atoms with Crippen molar-refractivity contribution in [2.75, 3.05) is 11.5 Å². The van der Waals surface area contributed by atoms with Crippen LogP contribution in [0.25, 0.3) is 5.76 Å². The molecule has 10 nitrogen and oxygen atoms in total. The van der Waals surface area contributed by atoms with E-state index in [0.29, 0.717) is 0 Å². The van der Waals surface area contributed by atoms with E-state index in [0.717, 1.165) is 28.4 Å². The van der Waals surface area contributed by atoms with Gasteiger partial charge in [0, 0.05) is 17.7 Å². The first-order valence-corrected chi connectivity index (χ1v) is 11.4. The second kappa shape index (κ2) is 9.66. The van der Waals surface area contributed by atoms with E-state index in [2.05, 4.69) is 4.98 Å². The number of halogens is 1. The normalized spacial score (nSPS) is 16.9. The summed E-state index contributed by atoms with van der Waals surface area (Å²) in [5, 5.41) is 22.1. The molecule has 2 aromatic carbocycles. The van der Waals surface area contributed by atoms with Gasteiger partial charge in [-0.25, -0.2) is 14.2 Å². The van der Waals surface area contributed by atoms with Crippen molar-refractivity contribution in [3.8, 4) is 0 Å². The molecule has 1 aliphatic heterocycles. The number of amides is 1. The molecule has 1 fully saturated rings. The summed E-state index contributed by atoms with van der Waals surface area (Å²) < 4.78 is 18.5. The lowest BCUT2D eigenvalue weighted by atomic mass is 9.95. The van der Waals surface area contributed by atoms with Gasteiger partial charge in [0.05, 0.1) is 28.8 Å². The highest BCUT2D eigenvalue weighted by Crippen LogP contribution is 2.44. The number of nitrogens with zero attached hydrogens (tertiary/aromatic N) is 3. The van der Waals surface area contributed by atoms with Gasteiger partial charge >= 0.3 is 11.9 Å².